The molecule has 0 unspecified atom stereocenters. The zero-order valence-electron chi connectivity index (χ0n) is 10.6. The summed E-state index contributed by atoms with van der Waals surface area (Å²) in [5.41, 5.74) is -0.371. The van der Waals surface area contributed by atoms with Crippen molar-refractivity contribution in [3.63, 3.8) is 0 Å². The van der Waals surface area contributed by atoms with Gasteiger partial charge in [-0.2, -0.15) is 0 Å². The summed E-state index contributed by atoms with van der Waals surface area (Å²) < 4.78 is 5.21. The Morgan fingerprint density at radius 2 is 2.15 bits per heavy atom. The molecule has 0 spiro atoms. The Kier molecular flexibility index (Phi) is 3.69. The third kappa shape index (κ3) is 2.77. The number of aromatic amines is 1. The van der Waals surface area contributed by atoms with E-state index < -0.39 is 17.3 Å². The van der Waals surface area contributed by atoms with Crippen LogP contribution >= 0.6 is 0 Å². The summed E-state index contributed by atoms with van der Waals surface area (Å²) in [6, 6.07) is 2.58. The number of aryl methyl sites for hydroxylation is 1. The fourth-order valence-electron chi connectivity index (χ4n) is 1.70. The van der Waals surface area contributed by atoms with Gasteiger partial charge in [-0.05, 0) is 13.0 Å². The van der Waals surface area contributed by atoms with Crippen LogP contribution in [0, 0.1) is 6.92 Å². The minimum atomic E-state index is -1.09. The topological polar surface area (TPSA) is 112 Å². The zero-order chi connectivity index (χ0) is 14.7. The number of furan rings is 1. The Balaban J connectivity index is 2.08. The van der Waals surface area contributed by atoms with E-state index in [1.165, 1.54) is 31.5 Å². The highest BCUT2D eigenvalue weighted by Crippen LogP contribution is 2.14. The summed E-state index contributed by atoms with van der Waals surface area (Å²) >= 11 is 0. The third-order valence-electron chi connectivity index (χ3n) is 2.69. The Bertz CT molecular complexity index is 714. The third-order valence-corrected chi connectivity index (χ3v) is 2.69. The Labute approximate surface area is 113 Å². The number of carbonyl (C=O) groups is 2. The monoisotopic (exact) mass is 276 g/mol. The van der Waals surface area contributed by atoms with Crippen molar-refractivity contribution in [2.24, 2.45) is 0 Å². The van der Waals surface area contributed by atoms with Crippen LogP contribution in [0.5, 0.6) is 0 Å². The maximum Gasteiger partial charge on any atom is 0.339 e. The lowest BCUT2D eigenvalue weighted by Gasteiger charge is -2.01. The smallest absolute Gasteiger partial charge is 0.339 e. The molecule has 0 saturated heterocycles. The van der Waals surface area contributed by atoms with Gasteiger partial charge in [0.1, 0.15) is 22.6 Å². The molecule has 0 aliphatic carbocycles. The van der Waals surface area contributed by atoms with Crippen molar-refractivity contribution in [3.05, 3.63) is 57.4 Å². The van der Waals surface area contributed by atoms with E-state index in [-0.39, 0.29) is 23.4 Å². The molecule has 0 bridgehead atoms. The van der Waals surface area contributed by atoms with Crippen molar-refractivity contribution >= 4 is 11.9 Å². The molecule has 2 aromatic heterocycles. The van der Waals surface area contributed by atoms with Crippen LogP contribution < -0.4 is 10.7 Å². The fourth-order valence-corrected chi connectivity index (χ4v) is 1.70. The molecule has 0 aliphatic rings. The highest BCUT2D eigenvalue weighted by Gasteiger charge is 2.15. The van der Waals surface area contributed by atoms with E-state index in [0.717, 1.165) is 0 Å². The SMILES string of the molecule is Cc1oc(CNC(=O)c2c[nH]ccc2=O)cc1C(=O)O. The van der Waals surface area contributed by atoms with Gasteiger partial charge in [-0.15, -0.1) is 0 Å². The van der Waals surface area contributed by atoms with E-state index in [1.54, 1.807) is 0 Å². The molecule has 0 aromatic carbocycles. The van der Waals surface area contributed by atoms with Gasteiger partial charge in [-0.25, -0.2) is 4.79 Å². The van der Waals surface area contributed by atoms with Crippen molar-refractivity contribution in [1.82, 2.24) is 10.3 Å². The summed E-state index contributed by atoms with van der Waals surface area (Å²) in [5, 5.41) is 11.4. The van der Waals surface area contributed by atoms with Crippen molar-refractivity contribution in [1.29, 1.82) is 0 Å². The van der Waals surface area contributed by atoms with Gasteiger partial charge in [0, 0.05) is 18.5 Å². The number of aromatic nitrogens is 1. The molecule has 0 aliphatic heterocycles. The summed E-state index contributed by atoms with van der Waals surface area (Å²) in [6.45, 7) is 1.53. The van der Waals surface area contributed by atoms with Crippen LogP contribution in [0.4, 0.5) is 0 Å². The van der Waals surface area contributed by atoms with Crippen molar-refractivity contribution in [2.75, 3.05) is 0 Å². The lowest BCUT2D eigenvalue weighted by atomic mass is 10.2. The molecule has 3 N–H and O–H groups in total. The number of aromatic carboxylic acids is 1. The minimum Gasteiger partial charge on any atom is -0.478 e. The lowest BCUT2D eigenvalue weighted by molar-refractivity contribution is 0.0694. The Morgan fingerprint density at radius 3 is 2.75 bits per heavy atom. The first-order valence-corrected chi connectivity index (χ1v) is 5.77. The van der Waals surface area contributed by atoms with E-state index in [9.17, 15) is 14.4 Å². The number of nitrogens with one attached hydrogen (secondary N) is 2. The first-order chi connectivity index (χ1) is 9.49. The molecule has 20 heavy (non-hydrogen) atoms. The highest BCUT2D eigenvalue weighted by atomic mass is 16.4. The second kappa shape index (κ2) is 5.43. The molecule has 0 atom stereocenters. The van der Waals surface area contributed by atoms with Gasteiger partial charge in [0.2, 0.25) is 0 Å². The molecule has 2 aromatic rings. The second-order valence-electron chi connectivity index (χ2n) is 4.09. The number of carbonyl (C=O) groups excluding carboxylic acids is 1. The number of hydrogen-bond acceptors (Lipinski definition) is 4. The standard InChI is InChI=1S/C13H12N2O5/c1-7-9(13(18)19)4-8(20-7)5-15-12(17)10-6-14-3-2-11(10)16/h2-4,6H,5H2,1H3,(H,14,16)(H,15,17)(H,18,19). The van der Waals surface area contributed by atoms with Crippen LogP contribution in [0.3, 0.4) is 0 Å². The summed E-state index contributed by atoms with van der Waals surface area (Å²) in [7, 11) is 0. The number of carboxylic acids is 1. The van der Waals surface area contributed by atoms with Crippen LogP contribution in [0.15, 0.2) is 33.7 Å². The molecule has 0 fully saturated rings. The molecule has 104 valence electrons. The molecule has 2 heterocycles. The predicted octanol–water partition coefficient (Wildman–Crippen LogP) is 0.905. The summed E-state index contributed by atoms with van der Waals surface area (Å²) in [4.78, 5) is 36.7. The number of carboxylic acid groups (broad SMARTS) is 1. The number of pyridine rings is 1. The number of amides is 1. The van der Waals surface area contributed by atoms with Crippen LogP contribution in [-0.2, 0) is 6.54 Å². The van der Waals surface area contributed by atoms with Crippen molar-refractivity contribution < 1.29 is 19.1 Å². The van der Waals surface area contributed by atoms with E-state index in [2.05, 4.69) is 10.3 Å². The largest absolute Gasteiger partial charge is 0.478 e. The van der Waals surface area contributed by atoms with Crippen LogP contribution in [0.2, 0.25) is 0 Å². The van der Waals surface area contributed by atoms with Gasteiger partial charge in [-0.3, -0.25) is 9.59 Å². The van der Waals surface area contributed by atoms with E-state index in [4.69, 9.17) is 9.52 Å². The van der Waals surface area contributed by atoms with E-state index in [0.29, 0.717) is 5.76 Å². The van der Waals surface area contributed by atoms with Gasteiger partial charge in [-0.1, -0.05) is 0 Å². The van der Waals surface area contributed by atoms with Gasteiger partial charge in [0.25, 0.3) is 5.91 Å². The zero-order valence-corrected chi connectivity index (χ0v) is 10.6. The molecule has 1 amide bonds. The maximum atomic E-state index is 11.8. The lowest BCUT2D eigenvalue weighted by Crippen LogP contribution is -2.27. The molecule has 7 nitrogen and oxygen atoms in total. The molecule has 0 radical (unpaired) electrons. The minimum absolute atomic E-state index is 0.00128. The van der Waals surface area contributed by atoms with Gasteiger partial charge in [0.05, 0.1) is 6.54 Å². The quantitative estimate of drug-likeness (QED) is 0.768. The molecule has 2 rings (SSSR count). The second-order valence-corrected chi connectivity index (χ2v) is 4.09. The molecule has 0 saturated carbocycles. The Morgan fingerprint density at radius 1 is 1.40 bits per heavy atom. The van der Waals surface area contributed by atoms with Gasteiger partial charge in [0.15, 0.2) is 5.43 Å². The Hall–Kier alpha value is -2.83. The number of rotatable bonds is 4. The first-order valence-electron chi connectivity index (χ1n) is 5.77. The average Bonchev–Trinajstić information content (AvgIpc) is 2.78. The summed E-state index contributed by atoms with van der Waals surface area (Å²) in [5.74, 6) is -1.08. The normalized spacial score (nSPS) is 10.2. The maximum absolute atomic E-state index is 11.8. The number of H-pyrrole nitrogens is 1. The van der Waals surface area contributed by atoms with E-state index >= 15 is 0 Å². The van der Waals surface area contributed by atoms with Gasteiger partial charge >= 0.3 is 5.97 Å². The highest BCUT2D eigenvalue weighted by molar-refractivity contribution is 5.93. The predicted molar refractivity (Wildman–Crippen MR) is 68.6 cm³/mol. The number of hydrogen-bond donors (Lipinski definition) is 3. The average molecular weight is 276 g/mol. The van der Waals surface area contributed by atoms with Gasteiger partial charge < -0.3 is 19.8 Å². The van der Waals surface area contributed by atoms with Crippen molar-refractivity contribution in [3.8, 4) is 0 Å². The molecule has 7 heteroatoms. The van der Waals surface area contributed by atoms with Crippen molar-refractivity contribution in [2.45, 2.75) is 13.5 Å². The first kappa shape index (κ1) is 13.6. The molecular weight excluding hydrogens is 264 g/mol. The van der Waals surface area contributed by atoms with Crippen LogP contribution in [0.25, 0.3) is 0 Å². The summed E-state index contributed by atoms with van der Waals surface area (Å²) in [6.07, 6.45) is 2.72. The van der Waals surface area contributed by atoms with Crippen LogP contribution in [-0.4, -0.2) is 22.0 Å². The van der Waals surface area contributed by atoms with E-state index in [1.807, 2.05) is 0 Å². The fraction of sp³-hybridized carbons (Fsp3) is 0.154. The molecular formula is C13H12N2O5. The van der Waals surface area contributed by atoms with Crippen LogP contribution in [0.1, 0.15) is 32.2 Å².